The van der Waals surface area contributed by atoms with Crippen LogP contribution < -0.4 is 0 Å². The molecule has 2 aliphatic heterocycles. The van der Waals surface area contributed by atoms with Gasteiger partial charge in [0.25, 0.3) is 0 Å². The number of rotatable bonds is 3. The zero-order valence-corrected chi connectivity index (χ0v) is 15.4. The lowest BCUT2D eigenvalue weighted by molar-refractivity contribution is -0.143. The Morgan fingerprint density at radius 3 is 2.72 bits per heavy atom. The van der Waals surface area contributed by atoms with Gasteiger partial charge < -0.3 is 9.80 Å². The second-order valence-corrected chi connectivity index (χ2v) is 7.73. The predicted molar refractivity (Wildman–Crippen MR) is 94.9 cm³/mol. The van der Waals surface area contributed by atoms with Crippen molar-refractivity contribution in [3.63, 3.8) is 0 Å². The highest BCUT2D eigenvalue weighted by Gasteiger charge is 2.36. The van der Waals surface area contributed by atoms with Crippen LogP contribution in [-0.4, -0.2) is 47.3 Å². The molecule has 2 amide bonds. The van der Waals surface area contributed by atoms with Crippen molar-refractivity contribution in [3.05, 3.63) is 34.6 Å². The number of carbonyl (C=O) groups excluding carboxylic acids is 2. The highest BCUT2D eigenvalue weighted by molar-refractivity contribution is 6.30. The Bertz CT molecular complexity index is 679. The molecule has 0 aliphatic carbocycles. The Morgan fingerprint density at radius 2 is 2.04 bits per heavy atom. The van der Waals surface area contributed by atoms with Crippen molar-refractivity contribution in [2.45, 2.75) is 45.1 Å². The van der Waals surface area contributed by atoms with E-state index in [-0.39, 0.29) is 34.7 Å². The van der Waals surface area contributed by atoms with Gasteiger partial charge in [-0.05, 0) is 44.4 Å². The molecule has 2 unspecified atom stereocenters. The van der Waals surface area contributed by atoms with Crippen LogP contribution in [0.3, 0.4) is 0 Å². The van der Waals surface area contributed by atoms with Crippen LogP contribution in [0.4, 0.5) is 4.39 Å². The zero-order valence-electron chi connectivity index (χ0n) is 14.7. The molecule has 1 aromatic rings. The number of carbonyl (C=O) groups is 2. The summed E-state index contributed by atoms with van der Waals surface area (Å²) in [5.74, 6) is -0.143. The third-order valence-corrected chi connectivity index (χ3v) is 5.64. The van der Waals surface area contributed by atoms with Gasteiger partial charge in [0.2, 0.25) is 11.8 Å². The first-order valence-corrected chi connectivity index (χ1v) is 9.27. The van der Waals surface area contributed by atoms with Crippen molar-refractivity contribution in [1.82, 2.24) is 9.80 Å². The van der Waals surface area contributed by atoms with Crippen LogP contribution in [0.15, 0.2) is 18.2 Å². The monoisotopic (exact) mass is 366 g/mol. The molecule has 2 heterocycles. The number of hydrogen-bond donors (Lipinski definition) is 0. The molecule has 0 aromatic heterocycles. The summed E-state index contributed by atoms with van der Waals surface area (Å²) in [6, 6.07) is 5.00. The Morgan fingerprint density at radius 1 is 1.28 bits per heavy atom. The molecule has 2 aliphatic rings. The summed E-state index contributed by atoms with van der Waals surface area (Å²) in [6.07, 6.45) is 1.89. The average molecular weight is 367 g/mol. The van der Waals surface area contributed by atoms with E-state index in [2.05, 4.69) is 0 Å². The second kappa shape index (κ2) is 7.32. The predicted octanol–water partition coefficient (Wildman–Crippen LogP) is 3.44. The van der Waals surface area contributed by atoms with Gasteiger partial charge in [0.1, 0.15) is 5.82 Å². The largest absolute Gasteiger partial charge is 0.342 e. The van der Waals surface area contributed by atoms with Crippen LogP contribution in [0, 0.1) is 11.7 Å². The molecule has 0 spiro atoms. The van der Waals surface area contributed by atoms with E-state index >= 15 is 0 Å². The lowest BCUT2D eigenvalue weighted by atomic mass is 9.95. The molecule has 0 N–H and O–H groups in total. The van der Waals surface area contributed by atoms with Crippen molar-refractivity contribution >= 4 is 23.4 Å². The molecule has 2 saturated heterocycles. The van der Waals surface area contributed by atoms with Gasteiger partial charge in [0.15, 0.2) is 0 Å². The fourth-order valence-electron chi connectivity index (χ4n) is 3.83. The van der Waals surface area contributed by atoms with Crippen molar-refractivity contribution in [3.8, 4) is 0 Å². The molecule has 0 saturated carbocycles. The molecule has 136 valence electrons. The molecule has 0 radical (unpaired) electrons. The number of nitrogens with zero attached hydrogens (tertiary/aromatic N) is 2. The van der Waals surface area contributed by atoms with Gasteiger partial charge in [-0.1, -0.05) is 17.7 Å². The topological polar surface area (TPSA) is 40.6 Å². The fraction of sp³-hybridized carbons (Fsp3) is 0.579. The van der Waals surface area contributed by atoms with Gasteiger partial charge in [0.05, 0.1) is 10.9 Å². The summed E-state index contributed by atoms with van der Waals surface area (Å²) in [5, 5.41) is 0.121. The number of amides is 2. The van der Waals surface area contributed by atoms with Gasteiger partial charge in [-0.25, -0.2) is 4.39 Å². The van der Waals surface area contributed by atoms with E-state index in [1.54, 1.807) is 11.0 Å². The van der Waals surface area contributed by atoms with E-state index in [0.717, 1.165) is 12.0 Å². The maximum atomic E-state index is 13.7. The number of halogens is 2. The summed E-state index contributed by atoms with van der Waals surface area (Å²) in [7, 11) is 0. The first kappa shape index (κ1) is 18.2. The van der Waals surface area contributed by atoms with Crippen LogP contribution in [0.5, 0.6) is 0 Å². The highest BCUT2D eigenvalue weighted by atomic mass is 35.5. The highest BCUT2D eigenvalue weighted by Crippen LogP contribution is 2.31. The van der Waals surface area contributed by atoms with Crippen molar-refractivity contribution in [1.29, 1.82) is 0 Å². The summed E-state index contributed by atoms with van der Waals surface area (Å²) >= 11 is 5.75. The minimum Gasteiger partial charge on any atom is -0.342 e. The van der Waals surface area contributed by atoms with Gasteiger partial charge in [-0.3, -0.25) is 9.59 Å². The number of piperidine rings is 1. The minimum atomic E-state index is -0.415. The van der Waals surface area contributed by atoms with Crippen LogP contribution in [0.25, 0.3) is 0 Å². The first-order valence-electron chi connectivity index (χ1n) is 8.90. The van der Waals surface area contributed by atoms with Gasteiger partial charge in [-0.2, -0.15) is 0 Å². The molecular weight excluding hydrogens is 343 g/mol. The SMILES string of the molecule is CC(C)N1CC(C(=O)N2CCC(c3ccc(Cl)c(F)c3)C2)CCC1=O. The normalized spacial score (nSPS) is 24.3. The molecule has 4 nitrogen and oxygen atoms in total. The Kier molecular flexibility index (Phi) is 5.32. The van der Waals surface area contributed by atoms with Crippen molar-refractivity contribution in [2.75, 3.05) is 19.6 Å². The molecule has 2 fully saturated rings. The molecule has 0 bridgehead atoms. The fourth-order valence-corrected chi connectivity index (χ4v) is 3.95. The third kappa shape index (κ3) is 3.81. The van der Waals surface area contributed by atoms with Crippen LogP contribution >= 0.6 is 11.6 Å². The van der Waals surface area contributed by atoms with E-state index in [4.69, 9.17) is 11.6 Å². The lowest BCUT2D eigenvalue weighted by Gasteiger charge is -2.36. The Labute approximate surface area is 152 Å². The van der Waals surface area contributed by atoms with E-state index in [9.17, 15) is 14.0 Å². The summed E-state index contributed by atoms with van der Waals surface area (Å²) < 4.78 is 13.7. The van der Waals surface area contributed by atoms with Gasteiger partial charge >= 0.3 is 0 Å². The summed E-state index contributed by atoms with van der Waals surface area (Å²) in [5.41, 5.74) is 0.889. The lowest BCUT2D eigenvalue weighted by Crippen LogP contribution is -2.49. The van der Waals surface area contributed by atoms with Crippen LogP contribution in [-0.2, 0) is 9.59 Å². The molecule has 6 heteroatoms. The molecular formula is C19H24ClFN2O2. The van der Waals surface area contributed by atoms with Crippen molar-refractivity contribution in [2.24, 2.45) is 5.92 Å². The summed E-state index contributed by atoms with van der Waals surface area (Å²) in [4.78, 5) is 28.5. The Balaban J connectivity index is 1.64. The van der Waals surface area contributed by atoms with Gasteiger partial charge in [-0.15, -0.1) is 0 Å². The maximum absolute atomic E-state index is 13.7. The Hall–Kier alpha value is -1.62. The third-order valence-electron chi connectivity index (χ3n) is 5.33. The number of benzene rings is 1. The van der Waals surface area contributed by atoms with E-state index in [0.29, 0.717) is 32.5 Å². The molecule has 3 rings (SSSR count). The van der Waals surface area contributed by atoms with Crippen LogP contribution in [0.2, 0.25) is 5.02 Å². The standard InChI is InChI=1S/C19H24ClFN2O2/c1-12(2)23-11-15(4-6-18(23)24)19(25)22-8-7-14(10-22)13-3-5-16(20)17(21)9-13/h3,5,9,12,14-15H,4,6-8,10-11H2,1-2H3. The second-order valence-electron chi connectivity index (χ2n) is 7.32. The molecule has 25 heavy (non-hydrogen) atoms. The smallest absolute Gasteiger partial charge is 0.227 e. The molecule has 2 atom stereocenters. The number of likely N-dealkylation sites (tertiary alicyclic amines) is 2. The maximum Gasteiger partial charge on any atom is 0.227 e. The van der Waals surface area contributed by atoms with Gasteiger partial charge in [0, 0.05) is 38.0 Å². The average Bonchev–Trinajstić information content (AvgIpc) is 3.07. The first-order chi connectivity index (χ1) is 11.9. The van der Waals surface area contributed by atoms with Crippen molar-refractivity contribution < 1.29 is 14.0 Å². The van der Waals surface area contributed by atoms with E-state index in [1.165, 1.54) is 6.07 Å². The van der Waals surface area contributed by atoms with E-state index in [1.807, 2.05) is 24.8 Å². The van der Waals surface area contributed by atoms with Crippen LogP contribution in [0.1, 0.15) is 44.6 Å². The zero-order chi connectivity index (χ0) is 18.1. The van der Waals surface area contributed by atoms with E-state index < -0.39 is 5.82 Å². The quantitative estimate of drug-likeness (QED) is 0.822. The molecule has 1 aromatic carbocycles. The minimum absolute atomic E-state index is 0.117. The number of hydrogen-bond acceptors (Lipinski definition) is 2. The summed E-state index contributed by atoms with van der Waals surface area (Å²) in [6.45, 7) is 5.75.